The Kier molecular flexibility index (Phi) is 3.92. The summed E-state index contributed by atoms with van der Waals surface area (Å²) in [6.07, 6.45) is 6.50. The van der Waals surface area contributed by atoms with Crippen LogP contribution in [0.2, 0.25) is 0 Å². The molecule has 1 N–H and O–H groups in total. The van der Waals surface area contributed by atoms with Crippen molar-refractivity contribution in [2.75, 3.05) is 6.54 Å². The van der Waals surface area contributed by atoms with Gasteiger partial charge in [-0.1, -0.05) is 25.6 Å². The number of thioether (sulfide) groups is 1. The second-order valence-electron chi connectivity index (χ2n) is 4.58. The van der Waals surface area contributed by atoms with Crippen molar-refractivity contribution in [2.24, 2.45) is 13.0 Å². The van der Waals surface area contributed by atoms with Gasteiger partial charge in [-0.3, -0.25) is 0 Å². The van der Waals surface area contributed by atoms with Gasteiger partial charge in [0.2, 0.25) is 0 Å². The minimum absolute atomic E-state index is 0.697. The summed E-state index contributed by atoms with van der Waals surface area (Å²) in [5.41, 5.74) is 0. The van der Waals surface area contributed by atoms with E-state index in [9.17, 15) is 0 Å². The summed E-state index contributed by atoms with van der Waals surface area (Å²) in [5, 5.41) is 5.44. The Morgan fingerprint density at radius 3 is 3.00 bits per heavy atom. The molecule has 0 aliphatic heterocycles. The maximum atomic E-state index is 4.39. The molecule has 1 aliphatic carbocycles. The molecule has 1 heterocycles. The minimum Gasteiger partial charge on any atom is -0.329 e. The van der Waals surface area contributed by atoms with Gasteiger partial charge in [-0.05, 0) is 25.3 Å². The molecule has 1 saturated carbocycles. The van der Waals surface area contributed by atoms with Crippen molar-refractivity contribution in [2.45, 2.75) is 43.1 Å². The molecule has 0 bridgehead atoms. The van der Waals surface area contributed by atoms with Gasteiger partial charge in [0.15, 0.2) is 5.16 Å². The fourth-order valence-electron chi connectivity index (χ4n) is 2.45. The van der Waals surface area contributed by atoms with Gasteiger partial charge >= 0.3 is 0 Å². The third kappa shape index (κ3) is 2.43. The van der Waals surface area contributed by atoms with Gasteiger partial charge in [0.05, 0.1) is 0 Å². The number of nitrogens with one attached hydrogen (secondary N) is 1. The molecular formula is C12H21N3S. The van der Waals surface area contributed by atoms with E-state index in [0.717, 1.165) is 17.6 Å². The highest BCUT2D eigenvalue weighted by Gasteiger charge is 2.33. The lowest BCUT2D eigenvalue weighted by atomic mass is 10.1. The van der Waals surface area contributed by atoms with E-state index < -0.39 is 0 Å². The van der Waals surface area contributed by atoms with Crippen LogP contribution in [0.1, 0.15) is 26.7 Å². The number of aryl methyl sites for hydroxylation is 1. The molecule has 1 aromatic rings. The van der Waals surface area contributed by atoms with Gasteiger partial charge in [0.1, 0.15) is 0 Å². The Hall–Kier alpha value is -0.480. The number of rotatable bonds is 4. The molecule has 3 nitrogen and oxygen atoms in total. The molecule has 90 valence electrons. The first-order valence-electron chi connectivity index (χ1n) is 6.09. The zero-order chi connectivity index (χ0) is 11.5. The van der Waals surface area contributed by atoms with Crippen LogP contribution in [0.3, 0.4) is 0 Å². The molecule has 0 radical (unpaired) electrons. The largest absolute Gasteiger partial charge is 0.329 e. The van der Waals surface area contributed by atoms with Gasteiger partial charge in [-0.25, -0.2) is 4.98 Å². The van der Waals surface area contributed by atoms with Crippen LogP contribution in [0, 0.1) is 5.92 Å². The van der Waals surface area contributed by atoms with E-state index in [-0.39, 0.29) is 0 Å². The average Bonchev–Trinajstić information content (AvgIpc) is 2.80. The maximum absolute atomic E-state index is 4.39. The number of imidazole rings is 1. The monoisotopic (exact) mass is 239 g/mol. The van der Waals surface area contributed by atoms with Gasteiger partial charge in [-0.2, -0.15) is 0 Å². The molecule has 0 aromatic carbocycles. The van der Waals surface area contributed by atoms with Crippen LogP contribution in [0.15, 0.2) is 17.6 Å². The molecule has 16 heavy (non-hydrogen) atoms. The third-order valence-electron chi connectivity index (χ3n) is 3.48. The SMILES string of the molecule is CCNC1CCC(Sc2nccn2C)C1C. The maximum Gasteiger partial charge on any atom is 0.167 e. The first-order valence-corrected chi connectivity index (χ1v) is 6.97. The summed E-state index contributed by atoms with van der Waals surface area (Å²) in [6.45, 7) is 5.63. The van der Waals surface area contributed by atoms with Crippen LogP contribution in [0.4, 0.5) is 0 Å². The lowest BCUT2D eigenvalue weighted by Gasteiger charge is -2.20. The van der Waals surface area contributed by atoms with Crippen molar-refractivity contribution in [1.29, 1.82) is 0 Å². The molecule has 1 aromatic heterocycles. The van der Waals surface area contributed by atoms with Gasteiger partial charge in [0.25, 0.3) is 0 Å². The van der Waals surface area contributed by atoms with Crippen LogP contribution in [0.25, 0.3) is 0 Å². The minimum atomic E-state index is 0.697. The topological polar surface area (TPSA) is 29.9 Å². The summed E-state index contributed by atoms with van der Waals surface area (Å²) >= 11 is 1.93. The van der Waals surface area contributed by atoms with Crippen LogP contribution in [-0.4, -0.2) is 27.4 Å². The second-order valence-corrected chi connectivity index (χ2v) is 5.78. The Morgan fingerprint density at radius 2 is 2.38 bits per heavy atom. The van der Waals surface area contributed by atoms with Crippen molar-refractivity contribution in [3.63, 3.8) is 0 Å². The summed E-state index contributed by atoms with van der Waals surface area (Å²) in [4.78, 5) is 4.39. The molecular weight excluding hydrogens is 218 g/mol. The molecule has 1 fully saturated rings. The van der Waals surface area contributed by atoms with Crippen LogP contribution in [0.5, 0.6) is 0 Å². The van der Waals surface area contributed by atoms with E-state index in [4.69, 9.17) is 0 Å². The number of nitrogens with zero attached hydrogens (tertiary/aromatic N) is 2. The van der Waals surface area contributed by atoms with Crippen molar-refractivity contribution in [3.05, 3.63) is 12.4 Å². The fraction of sp³-hybridized carbons (Fsp3) is 0.750. The molecule has 0 amide bonds. The predicted octanol–water partition coefficient (Wildman–Crippen LogP) is 2.29. The molecule has 3 unspecified atom stereocenters. The Labute approximate surface area is 102 Å². The van der Waals surface area contributed by atoms with Crippen molar-refractivity contribution >= 4 is 11.8 Å². The quantitative estimate of drug-likeness (QED) is 0.874. The molecule has 1 aliphatic rings. The Morgan fingerprint density at radius 1 is 1.56 bits per heavy atom. The van der Waals surface area contributed by atoms with E-state index >= 15 is 0 Å². The molecule has 0 spiro atoms. The van der Waals surface area contributed by atoms with Crippen molar-refractivity contribution in [1.82, 2.24) is 14.9 Å². The number of aromatic nitrogens is 2. The summed E-state index contributed by atoms with van der Waals surface area (Å²) in [7, 11) is 2.07. The molecule has 0 saturated heterocycles. The van der Waals surface area contributed by atoms with Crippen LogP contribution < -0.4 is 5.32 Å². The van der Waals surface area contributed by atoms with E-state index in [1.54, 1.807) is 0 Å². The van der Waals surface area contributed by atoms with Crippen LogP contribution >= 0.6 is 11.8 Å². The highest BCUT2D eigenvalue weighted by molar-refractivity contribution is 7.99. The Bertz CT molecular complexity index is 337. The first-order chi connectivity index (χ1) is 7.72. The van der Waals surface area contributed by atoms with Crippen molar-refractivity contribution < 1.29 is 0 Å². The summed E-state index contributed by atoms with van der Waals surface area (Å²) < 4.78 is 2.11. The molecule has 4 heteroatoms. The van der Waals surface area contributed by atoms with E-state index in [1.807, 2.05) is 24.2 Å². The zero-order valence-corrected chi connectivity index (χ0v) is 11.1. The first kappa shape index (κ1) is 12.0. The molecule has 3 atom stereocenters. The smallest absolute Gasteiger partial charge is 0.167 e. The highest BCUT2D eigenvalue weighted by atomic mass is 32.2. The van der Waals surface area contributed by atoms with E-state index in [2.05, 4.69) is 35.8 Å². The lowest BCUT2D eigenvalue weighted by Crippen LogP contribution is -2.33. The molecule has 2 rings (SSSR count). The van der Waals surface area contributed by atoms with Crippen molar-refractivity contribution in [3.8, 4) is 0 Å². The van der Waals surface area contributed by atoms with Gasteiger partial charge in [-0.15, -0.1) is 0 Å². The predicted molar refractivity (Wildman–Crippen MR) is 68.7 cm³/mol. The zero-order valence-electron chi connectivity index (χ0n) is 10.3. The number of hydrogen-bond acceptors (Lipinski definition) is 3. The lowest BCUT2D eigenvalue weighted by molar-refractivity contribution is 0.441. The summed E-state index contributed by atoms with van der Waals surface area (Å²) in [6, 6.07) is 0.697. The standard InChI is InChI=1S/C12H21N3S/c1-4-13-10-5-6-11(9(10)2)16-12-14-7-8-15(12)3/h7-11,13H,4-6H2,1-3H3. The van der Waals surface area contributed by atoms with Crippen LogP contribution in [-0.2, 0) is 7.05 Å². The van der Waals surface area contributed by atoms with E-state index in [1.165, 1.54) is 12.8 Å². The normalized spacial score (nSPS) is 29.8. The Balaban J connectivity index is 1.95. The average molecular weight is 239 g/mol. The second kappa shape index (κ2) is 5.23. The highest BCUT2D eigenvalue weighted by Crippen LogP contribution is 2.38. The van der Waals surface area contributed by atoms with E-state index in [0.29, 0.717) is 11.3 Å². The number of hydrogen-bond donors (Lipinski definition) is 1. The van der Waals surface area contributed by atoms with Gasteiger partial charge < -0.3 is 9.88 Å². The van der Waals surface area contributed by atoms with Gasteiger partial charge in [0, 0.05) is 30.7 Å². The third-order valence-corrected chi connectivity index (χ3v) is 5.06. The summed E-state index contributed by atoms with van der Waals surface area (Å²) in [5.74, 6) is 0.738. The fourth-order valence-corrected chi connectivity index (χ4v) is 3.72.